The van der Waals surface area contributed by atoms with Crippen LogP contribution < -0.4 is 5.56 Å². The van der Waals surface area contributed by atoms with E-state index in [1.807, 2.05) is 80.3 Å². The van der Waals surface area contributed by atoms with Crippen LogP contribution in [0.2, 0.25) is 0 Å². The van der Waals surface area contributed by atoms with Crippen LogP contribution in [0.3, 0.4) is 0 Å². The van der Waals surface area contributed by atoms with Gasteiger partial charge >= 0.3 is 0 Å². The number of aryl methyl sites for hydroxylation is 2. The third-order valence-corrected chi connectivity index (χ3v) is 7.24. The number of aromatic nitrogens is 2. The maximum absolute atomic E-state index is 14.0. The smallest absolute Gasteiger partial charge is 0.266 e. The van der Waals surface area contributed by atoms with Gasteiger partial charge in [-0.3, -0.25) is 14.2 Å². The van der Waals surface area contributed by atoms with E-state index in [0.29, 0.717) is 41.9 Å². The van der Waals surface area contributed by atoms with Gasteiger partial charge in [-0.1, -0.05) is 62.7 Å². The molecule has 3 aromatic carbocycles. The van der Waals surface area contributed by atoms with Gasteiger partial charge in [-0.25, -0.2) is 4.98 Å². The highest BCUT2D eigenvalue weighted by atomic mass is 16.5. The fourth-order valence-electron chi connectivity index (χ4n) is 4.99. The molecule has 0 aliphatic rings. The maximum Gasteiger partial charge on any atom is 0.266 e. The topological polar surface area (TPSA) is 64.4 Å². The van der Waals surface area contributed by atoms with Crippen molar-refractivity contribution in [2.75, 3.05) is 20.3 Å². The number of para-hydroxylation sites is 1. The monoisotopic (exact) mass is 525 g/mol. The minimum atomic E-state index is -0.477. The van der Waals surface area contributed by atoms with E-state index in [9.17, 15) is 9.59 Å². The van der Waals surface area contributed by atoms with E-state index < -0.39 is 6.04 Å². The van der Waals surface area contributed by atoms with E-state index in [1.165, 1.54) is 0 Å². The second-order valence-electron chi connectivity index (χ2n) is 11.3. The molecule has 39 heavy (non-hydrogen) atoms. The van der Waals surface area contributed by atoms with Crippen molar-refractivity contribution in [1.82, 2.24) is 14.5 Å². The quantitative estimate of drug-likeness (QED) is 0.245. The Morgan fingerprint density at radius 2 is 1.72 bits per heavy atom. The van der Waals surface area contributed by atoms with Crippen molar-refractivity contribution in [2.24, 2.45) is 0 Å². The van der Waals surface area contributed by atoms with Crippen molar-refractivity contribution < 1.29 is 9.53 Å². The van der Waals surface area contributed by atoms with Gasteiger partial charge in [-0.2, -0.15) is 0 Å². The van der Waals surface area contributed by atoms with E-state index >= 15 is 0 Å². The molecule has 0 spiro atoms. The molecule has 6 heteroatoms. The molecule has 6 nitrogen and oxygen atoms in total. The zero-order chi connectivity index (χ0) is 28.3. The maximum atomic E-state index is 14.0. The van der Waals surface area contributed by atoms with Gasteiger partial charge in [-0.05, 0) is 74.1 Å². The number of methoxy groups -OCH3 is 1. The van der Waals surface area contributed by atoms with Crippen LogP contribution >= 0.6 is 0 Å². The number of rotatable bonds is 8. The van der Waals surface area contributed by atoms with Gasteiger partial charge in [0.2, 0.25) is 0 Å². The molecule has 0 aliphatic carbocycles. The standard InChI is InChI=1S/C33H39N3O3/c1-22-13-18-29(23(2)21-22)36-30(34-28-12-9-8-11-27(28)32(36)38)24(3)35(19-10-20-39-7)31(37)25-14-16-26(17-15-25)33(4,5)6/h8-9,11-18,21,24H,10,19-20H2,1-7H3. The number of amides is 1. The van der Waals surface area contributed by atoms with Crippen molar-refractivity contribution >= 4 is 16.8 Å². The molecule has 1 unspecified atom stereocenters. The Hall–Kier alpha value is -3.77. The molecule has 0 saturated carbocycles. The average molecular weight is 526 g/mol. The predicted molar refractivity (Wildman–Crippen MR) is 158 cm³/mol. The van der Waals surface area contributed by atoms with Crippen molar-refractivity contribution in [3.8, 4) is 5.69 Å². The van der Waals surface area contributed by atoms with Crippen molar-refractivity contribution in [2.45, 2.75) is 59.4 Å². The molecule has 1 aromatic heterocycles. The fourth-order valence-corrected chi connectivity index (χ4v) is 4.99. The normalized spacial score (nSPS) is 12.5. The second-order valence-corrected chi connectivity index (χ2v) is 11.3. The number of carbonyl (C=O) groups excluding carboxylic acids is 1. The molecule has 0 aliphatic heterocycles. The summed E-state index contributed by atoms with van der Waals surface area (Å²) >= 11 is 0. The van der Waals surface area contributed by atoms with Crippen molar-refractivity contribution in [1.29, 1.82) is 0 Å². The Kier molecular flexibility index (Phi) is 8.36. The summed E-state index contributed by atoms with van der Waals surface area (Å²) in [6.45, 7) is 13.4. The molecule has 0 radical (unpaired) electrons. The summed E-state index contributed by atoms with van der Waals surface area (Å²) < 4.78 is 6.99. The summed E-state index contributed by atoms with van der Waals surface area (Å²) in [5.41, 5.74) is 5.08. The summed E-state index contributed by atoms with van der Waals surface area (Å²) in [4.78, 5) is 34.7. The lowest BCUT2D eigenvalue weighted by atomic mass is 9.86. The largest absolute Gasteiger partial charge is 0.385 e. The molecule has 204 valence electrons. The lowest BCUT2D eigenvalue weighted by molar-refractivity contribution is 0.0657. The highest BCUT2D eigenvalue weighted by Crippen LogP contribution is 2.27. The molecule has 1 atom stereocenters. The van der Waals surface area contributed by atoms with Gasteiger partial charge < -0.3 is 9.64 Å². The van der Waals surface area contributed by atoms with E-state index in [0.717, 1.165) is 22.4 Å². The number of nitrogens with zero attached hydrogens (tertiary/aromatic N) is 3. The lowest BCUT2D eigenvalue weighted by Gasteiger charge is -2.31. The first-order valence-electron chi connectivity index (χ1n) is 13.5. The van der Waals surface area contributed by atoms with Crippen LogP contribution in [-0.4, -0.2) is 40.6 Å². The number of benzene rings is 3. The van der Waals surface area contributed by atoms with E-state index in [4.69, 9.17) is 9.72 Å². The molecule has 0 bridgehead atoms. The summed E-state index contributed by atoms with van der Waals surface area (Å²) in [6.07, 6.45) is 0.661. The van der Waals surface area contributed by atoms with Crippen LogP contribution in [0.15, 0.2) is 71.5 Å². The number of carbonyl (C=O) groups is 1. The summed E-state index contributed by atoms with van der Waals surface area (Å²) in [5.74, 6) is 0.427. The third-order valence-electron chi connectivity index (χ3n) is 7.24. The van der Waals surface area contributed by atoms with Gasteiger partial charge in [-0.15, -0.1) is 0 Å². The summed E-state index contributed by atoms with van der Waals surface area (Å²) in [6, 6.07) is 20.7. The molecule has 4 aromatic rings. The SMILES string of the molecule is COCCCN(C(=O)c1ccc(C(C)(C)C)cc1)C(C)c1nc2ccccc2c(=O)n1-c1ccc(C)cc1C. The van der Waals surface area contributed by atoms with Crippen LogP contribution in [0.5, 0.6) is 0 Å². The second kappa shape index (κ2) is 11.5. The number of ether oxygens (including phenoxy) is 1. The Morgan fingerprint density at radius 3 is 2.36 bits per heavy atom. The molecular formula is C33H39N3O3. The van der Waals surface area contributed by atoms with Crippen LogP contribution in [-0.2, 0) is 10.2 Å². The van der Waals surface area contributed by atoms with Crippen LogP contribution in [0.4, 0.5) is 0 Å². The molecule has 1 amide bonds. The Bertz CT molecular complexity index is 1530. The predicted octanol–water partition coefficient (Wildman–Crippen LogP) is 6.54. The van der Waals surface area contributed by atoms with Crippen LogP contribution in [0, 0.1) is 13.8 Å². The van der Waals surface area contributed by atoms with E-state index in [2.05, 4.69) is 26.8 Å². The fraction of sp³-hybridized carbons (Fsp3) is 0.364. The average Bonchev–Trinajstić information content (AvgIpc) is 2.90. The number of hydrogen-bond acceptors (Lipinski definition) is 4. The molecule has 1 heterocycles. The van der Waals surface area contributed by atoms with E-state index in [1.54, 1.807) is 17.7 Å². The highest BCUT2D eigenvalue weighted by molar-refractivity contribution is 5.94. The highest BCUT2D eigenvalue weighted by Gasteiger charge is 2.28. The minimum absolute atomic E-state index is 0.00992. The van der Waals surface area contributed by atoms with Gasteiger partial charge in [0, 0.05) is 25.8 Å². The first kappa shape index (κ1) is 28.2. The molecule has 0 N–H and O–H groups in total. The summed E-state index contributed by atoms with van der Waals surface area (Å²) in [7, 11) is 1.66. The number of fused-ring (bicyclic) bond motifs is 1. The first-order valence-corrected chi connectivity index (χ1v) is 13.5. The van der Waals surface area contributed by atoms with Crippen LogP contribution in [0.25, 0.3) is 16.6 Å². The zero-order valence-electron chi connectivity index (χ0n) is 24.1. The molecule has 0 fully saturated rings. The van der Waals surface area contributed by atoms with Gasteiger partial charge in [0.25, 0.3) is 11.5 Å². The Morgan fingerprint density at radius 1 is 1.03 bits per heavy atom. The third kappa shape index (κ3) is 5.96. The van der Waals surface area contributed by atoms with Crippen molar-refractivity contribution in [3.05, 3.63) is 105 Å². The first-order chi connectivity index (χ1) is 18.5. The van der Waals surface area contributed by atoms with E-state index in [-0.39, 0.29) is 16.9 Å². The van der Waals surface area contributed by atoms with Crippen molar-refractivity contribution in [3.63, 3.8) is 0 Å². The van der Waals surface area contributed by atoms with Gasteiger partial charge in [0.1, 0.15) is 5.82 Å². The summed E-state index contributed by atoms with van der Waals surface area (Å²) in [5, 5.41) is 0.545. The zero-order valence-corrected chi connectivity index (χ0v) is 24.1. The number of hydrogen-bond donors (Lipinski definition) is 0. The minimum Gasteiger partial charge on any atom is -0.385 e. The van der Waals surface area contributed by atoms with Crippen LogP contribution in [0.1, 0.15) is 73.0 Å². The molecular weight excluding hydrogens is 486 g/mol. The Labute approximate surface area is 231 Å². The van der Waals surface area contributed by atoms with Gasteiger partial charge in [0.05, 0.1) is 22.6 Å². The lowest BCUT2D eigenvalue weighted by Crippen LogP contribution is -2.38. The molecule has 4 rings (SSSR count). The molecule has 0 saturated heterocycles. The Balaban J connectivity index is 1.87. The van der Waals surface area contributed by atoms with Gasteiger partial charge in [0.15, 0.2) is 0 Å².